The molecule has 47 heavy (non-hydrogen) atoms. The van der Waals surface area contributed by atoms with Crippen molar-refractivity contribution in [3.05, 3.63) is 175 Å². The van der Waals surface area contributed by atoms with Crippen molar-refractivity contribution in [2.24, 2.45) is 0 Å². The second-order valence-corrected chi connectivity index (χ2v) is 12.2. The van der Waals surface area contributed by atoms with Crippen LogP contribution >= 0.6 is 0 Å². The van der Waals surface area contributed by atoms with E-state index in [4.69, 9.17) is 4.42 Å². The van der Waals surface area contributed by atoms with Gasteiger partial charge in [0.1, 0.15) is 11.3 Å². The van der Waals surface area contributed by atoms with Crippen molar-refractivity contribution >= 4 is 60.3 Å². The second-order valence-electron chi connectivity index (χ2n) is 12.2. The lowest BCUT2D eigenvalue weighted by atomic mass is 9.99. The Kier molecular flexibility index (Phi) is 6.39. The van der Waals surface area contributed by atoms with E-state index < -0.39 is 0 Å². The number of hydrogen-bond donors (Lipinski definition) is 0. The fraction of sp³-hybridized carbons (Fsp3) is 0.0222. The molecule has 0 atom stereocenters. The summed E-state index contributed by atoms with van der Waals surface area (Å²) in [5.74, 6) is 0.927. The van der Waals surface area contributed by atoms with E-state index in [1.807, 2.05) is 12.1 Å². The summed E-state index contributed by atoms with van der Waals surface area (Å²) in [5, 5.41) is 8.63. The van der Waals surface area contributed by atoms with Crippen LogP contribution in [0.25, 0.3) is 65.7 Å². The lowest BCUT2D eigenvalue weighted by Gasteiger charge is -2.26. The van der Waals surface area contributed by atoms with Crippen LogP contribution < -0.4 is 4.90 Å². The zero-order chi connectivity index (χ0) is 31.3. The molecule has 0 aliphatic carbocycles. The summed E-state index contributed by atoms with van der Waals surface area (Å²) in [7, 11) is 0. The van der Waals surface area contributed by atoms with E-state index >= 15 is 0 Å². The zero-order valence-corrected chi connectivity index (χ0v) is 26.0. The van der Waals surface area contributed by atoms with Crippen molar-refractivity contribution in [3.8, 4) is 22.5 Å². The number of benzene rings is 8. The van der Waals surface area contributed by atoms with E-state index in [9.17, 15) is 0 Å². The Labute approximate surface area is 273 Å². The highest BCUT2D eigenvalue weighted by molar-refractivity contribution is 6.08. The van der Waals surface area contributed by atoms with Crippen LogP contribution in [0.3, 0.4) is 0 Å². The number of nitrogens with zero attached hydrogens (tertiary/aromatic N) is 1. The van der Waals surface area contributed by atoms with Gasteiger partial charge in [-0.3, -0.25) is 0 Å². The number of rotatable bonds is 5. The van der Waals surface area contributed by atoms with Crippen molar-refractivity contribution in [3.63, 3.8) is 0 Å². The fourth-order valence-corrected chi connectivity index (χ4v) is 7.00. The zero-order valence-electron chi connectivity index (χ0n) is 26.0. The van der Waals surface area contributed by atoms with Crippen LogP contribution in [-0.2, 0) is 0 Å². The molecule has 0 aliphatic heterocycles. The monoisotopic (exact) mass is 601 g/mol. The van der Waals surface area contributed by atoms with Crippen LogP contribution in [0.2, 0.25) is 0 Å². The largest absolute Gasteiger partial charge is 0.456 e. The van der Waals surface area contributed by atoms with E-state index in [2.05, 4.69) is 170 Å². The van der Waals surface area contributed by atoms with Gasteiger partial charge in [-0.15, -0.1) is 0 Å². The quantitative estimate of drug-likeness (QED) is 0.182. The van der Waals surface area contributed by atoms with Crippen molar-refractivity contribution in [2.75, 3.05) is 4.90 Å². The Morgan fingerprint density at radius 1 is 0.383 bits per heavy atom. The van der Waals surface area contributed by atoms with Gasteiger partial charge in [-0.2, -0.15) is 0 Å². The van der Waals surface area contributed by atoms with Crippen molar-refractivity contribution in [1.82, 2.24) is 0 Å². The first-order valence-corrected chi connectivity index (χ1v) is 16.1. The number of anilines is 3. The summed E-state index contributed by atoms with van der Waals surface area (Å²) in [4.78, 5) is 2.36. The highest BCUT2D eigenvalue weighted by atomic mass is 16.3. The minimum absolute atomic E-state index is 0.922. The van der Waals surface area contributed by atoms with Crippen LogP contribution in [-0.4, -0.2) is 0 Å². The SMILES string of the molecule is Cc1c(-c2cccc(-c3ccc(N(c4ccc5ccccc5c4)c4ccc5c(ccc6ccccc65)c4)cc3)c2)oc2ccccc12. The number of para-hydroxylation sites is 1. The van der Waals surface area contributed by atoms with Crippen molar-refractivity contribution in [2.45, 2.75) is 6.92 Å². The Morgan fingerprint density at radius 3 is 1.81 bits per heavy atom. The molecule has 0 radical (unpaired) electrons. The molecule has 9 rings (SSSR count). The molecule has 2 heteroatoms. The third-order valence-electron chi connectivity index (χ3n) is 9.41. The van der Waals surface area contributed by atoms with E-state index in [0.29, 0.717) is 0 Å². The minimum Gasteiger partial charge on any atom is -0.456 e. The molecule has 0 fully saturated rings. The molecule has 1 heterocycles. The van der Waals surface area contributed by atoms with Crippen molar-refractivity contribution < 1.29 is 4.42 Å². The molecule has 0 aliphatic rings. The van der Waals surface area contributed by atoms with Gasteiger partial charge in [0.05, 0.1) is 0 Å². The average molecular weight is 602 g/mol. The minimum atomic E-state index is 0.922. The molecule has 0 spiro atoms. The van der Waals surface area contributed by atoms with Crippen LogP contribution in [0.4, 0.5) is 17.1 Å². The first kappa shape index (κ1) is 27.2. The molecule has 2 nitrogen and oxygen atoms in total. The maximum absolute atomic E-state index is 6.30. The number of hydrogen-bond acceptors (Lipinski definition) is 2. The van der Waals surface area contributed by atoms with E-state index in [1.54, 1.807) is 0 Å². The third kappa shape index (κ3) is 4.74. The van der Waals surface area contributed by atoms with Gasteiger partial charge in [0.2, 0.25) is 0 Å². The summed E-state index contributed by atoms with van der Waals surface area (Å²) in [6.45, 7) is 2.14. The number of aryl methyl sites for hydroxylation is 1. The number of furan rings is 1. The standard InChI is InChI=1S/C45H31NO/c1-30-41-14-6-7-16-44(41)47-45(30)37-13-8-12-34(27-37)32-19-22-38(23-20-32)46(39-24-21-31-9-2-3-11-35(31)28-39)40-25-26-43-36(29-40)18-17-33-10-4-5-15-42(33)43/h2-29H,1H3. The predicted molar refractivity (Wildman–Crippen MR) is 199 cm³/mol. The Balaban J connectivity index is 1.14. The summed E-state index contributed by atoms with van der Waals surface area (Å²) in [5.41, 5.74) is 8.84. The molecule has 0 saturated carbocycles. The molecular weight excluding hydrogens is 571 g/mol. The molecule has 1 aromatic heterocycles. The molecule has 8 aromatic carbocycles. The van der Waals surface area contributed by atoms with E-state index in [-0.39, 0.29) is 0 Å². The summed E-state index contributed by atoms with van der Waals surface area (Å²) >= 11 is 0. The van der Waals surface area contributed by atoms with Crippen LogP contribution in [0.1, 0.15) is 5.56 Å². The molecular formula is C45H31NO. The van der Waals surface area contributed by atoms with Crippen LogP contribution in [0.15, 0.2) is 174 Å². The van der Waals surface area contributed by atoms with Gasteiger partial charge in [0.25, 0.3) is 0 Å². The van der Waals surface area contributed by atoms with Gasteiger partial charge in [-0.1, -0.05) is 121 Å². The first-order valence-electron chi connectivity index (χ1n) is 16.1. The second kappa shape index (κ2) is 11.0. The van der Waals surface area contributed by atoms with Gasteiger partial charge in [-0.25, -0.2) is 0 Å². The average Bonchev–Trinajstić information content (AvgIpc) is 3.48. The normalized spacial score (nSPS) is 11.5. The molecule has 0 amide bonds. The third-order valence-corrected chi connectivity index (χ3v) is 9.41. The highest BCUT2D eigenvalue weighted by Gasteiger charge is 2.16. The molecule has 0 unspecified atom stereocenters. The van der Waals surface area contributed by atoms with Gasteiger partial charge in [0, 0.05) is 33.6 Å². The molecule has 0 N–H and O–H groups in total. The lowest BCUT2D eigenvalue weighted by molar-refractivity contribution is 0.629. The van der Waals surface area contributed by atoms with Gasteiger partial charge < -0.3 is 9.32 Å². The van der Waals surface area contributed by atoms with Gasteiger partial charge in [-0.05, 0) is 98.9 Å². The summed E-state index contributed by atoms with van der Waals surface area (Å²) in [6.07, 6.45) is 0. The van der Waals surface area contributed by atoms with Gasteiger partial charge in [0.15, 0.2) is 0 Å². The summed E-state index contributed by atoms with van der Waals surface area (Å²) in [6, 6.07) is 61.0. The fourth-order valence-electron chi connectivity index (χ4n) is 7.00. The van der Waals surface area contributed by atoms with Crippen LogP contribution in [0.5, 0.6) is 0 Å². The smallest absolute Gasteiger partial charge is 0.138 e. The highest BCUT2D eigenvalue weighted by Crippen LogP contribution is 2.40. The van der Waals surface area contributed by atoms with Gasteiger partial charge >= 0.3 is 0 Å². The molecule has 222 valence electrons. The Bertz CT molecular complexity index is 2590. The number of fused-ring (bicyclic) bond motifs is 5. The maximum atomic E-state index is 6.30. The topological polar surface area (TPSA) is 16.4 Å². The lowest BCUT2D eigenvalue weighted by Crippen LogP contribution is -2.09. The van der Waals surface area contributed by atoms with Crippen molar-refractivity contribution in [1.29, 1.82) is 0 Å². The molecule has 0 saturated heterocycles. The molecule has 9 aromatic rings. The Hall–Kier alpha value is -6.12. The van der Waals surface area contributed by atoms with E-state index in [0.717, 1.165) is 50.5 Å². The molecule has 0 bridgehead atoms. The Morgan fingerprint density at radius 2 is 0.979 bits per heavy atom. The maximum Gasteiger partial charge on any atom is 0.138 e. The van der Waals surface area contributed by atoms with Crippen LogP contribution in [0, 0.1) is 6.92 Å². The van der Waals surface area contributed by atoms with E-state index in [1.165, 1.54) is 37.9 Å². The first-order chi connectivity index (χ1) is 23.2. The summed E-state index contributed by atoms with van der Waals surface area (Å²) < 4.78 is 6.30. The predicted octanol–water partition coefficient (Wildman–Crippen LogP) is 13.0.